The highest BCUT2D eigenvalue weighted by Gasteiger charge is 2.23. The van der Waals surface area contributed by atoms with Gasteiger partial charge >= 0.3 is 5.97 Å². The number of benzene rings is 4. The summed E-state index contributed by atoms with van der Waals surface area (Å²) in [6, 6.07) is 28.3. The maximum absolute atomic E-state index is 11.4. The highest BCUT2D eigenvalue weighted by molar-refractivity contribution is 5.88. The summed E-state index contributed by atoms with van der Waals surface area (Å²) in [5.41, 5.74) is 9.22. The largest absolute Gasteiger partial charge is 0.497 e. The Labute approximate surface area is 215 Å². The number of fused-ring (bicyclic) bond motifs is 2. The van der Waals surface area contributed by atoms with Gasteiger partial charge in [0.05, 0.1) is 24.0 Å². The number of carboxylic acids is 1. The lowest BCUT2D eigenvalue weighted by Gasteiger charge is -2.14. The van der Waals surface area contributed by atoms with Crippen LogP contribution in [0.25, 0.3) is 11.1 Å². The van der Waals surface area contributed by atoms with Gasteiger partial charge in [-0.25, -0.2) is 4.79 Å². The monoisotopic (exact) mass is 486 g/mol. The van der Waals surface area contributed by atoms with Crippen LogP contribution in [-0.4, -0.2) is 30.6 Å². The summed E-state index contributed by atoms with van der Waals surface area (Å²) in [6.45, 7) is 0. The van der Waals surface area contributed by atoms with Crippen LogP contribution >= 0.6 is 0 Å². The Morgan fingerprint density at radius 1 is 0.757 bits per heavy atom. The zero-order chi connectivity index (χ0) is 25.4. The first-order chi connectivity index (χ1) is 18.1. The number of ether oxygens (including phenoxy) is 1. The number of rotatable bonds is 7. The summed E-state index contributed by atoms with van der Waals surface area (Å²) in [5.74, 6) is 0.285. The van der Waals surface area contributed by atoms with Gasteiger partial charge in [-0.3, -0.25) is 9.98 Å². The molecule has 0 aliphatic carbocycles. The molecule has 182 valence electrons. The van der Waals surface area contributed by atoms with Crippen molar-refractivity contribution in [2.24, 2.45) is 9.98 Å². The van der Waals surface area contributed by atoms with Gasteiger partial charge in [-0.1, -0.05) is 36.4 Å². The second-order valence-corrected chi connectivity index (χ2v) is 9.58. The molecule has 0 radical (unpaired) electrons. The van der Waals surface area contributed by atoms with E-state index in [9.17, 15) is 9.90 Å². The lowest BCUT2D eigenvalue weighted by atomic mass is 9.89. The summed E-state index contributed by atoms with van der Waals surface area (Å²) >= 11 is 0. The van der Waals surface area contributed by atoms with Crippen molar-refractivity contribution in [2.45, 2.75) is 24.7 Å². The summed E-state index contributed by atoms with van der Waals surface area (Å²) in [5, 5.41) is 9.34. The summed E-state index contributed by atoms with van der Waals surface area (Å²) < 4.78 is 5.39. The van der Waals surface area contributed by atoms with Crippen LogP contribution in [0.1, 0.15) is 44.4 Å². The molecule has 0 saturated heterocycles. The molecule has 5 nitrogen and oxygen atoms in total. The SMILES string of the molecule is COc1cccc(CC2C=Nc3ccc(-c4ccc5c(c4)C(Cc4cccc(C(=O)O)c4)C=N5)cc32)c1. The van der Waals surface area contributed by atoms with E-state index in [0.717, 1.165) is 40.2 Å². The number of hydrogen-bond donors (Lipinski definition) is 1. The van der Waals surface area contributed by atoms with E-state index in [1.54, 1.807) is 25.3 Å². The fraction of sp³-hybridized carbons (Fsp3) is 0.156. The number of methoxy groups -OCH3 is 1. The van der Waals surface area contributed by atoms with Gasteiger partial charge < -0.3 is 9.84 Å². The van der Waals surface area contributed by atoms with Crippen molar-refractivity contribution in [3.63, 3.8) is 0 Å². The molecule has 0 bridgehead atoms. The lowest BCUT2D eigenvalue weighted by Crippen LogP contribution is -2.03. The Balaban J connectivity index is 1.26. The van der Waals surface area contributed by atoms with Crippen molar-refractivity contribution in [3.05, 3.63) is 113 Å². The molecular formula is C32H26N2O3. The molecule has 2 aliphatic heterocycles. The fourth-order valence-corrected chi connectivity index (χ4v) is 5.26. The third-order valence-corrected chi connectivity index (χ3v) is 7.19. The van der Waals surface area contributed by atoms with Gasteiger partial charge in [0.15, 0.2) is 0 Å². The first kappa shape index (κ1) is 22.9. The Bertz CT molecular complexity index is 1570. The van der Waals surface area contributed by atoms with E-state index < -0.39 is 5.97 Å². The average Bonchev–Trinajstić information content (AvgIpc) is 3.52. The molecule has 2 aliphatic rings. The molecule has 37 heavy (non-hydrogen) atoms. The standard InChI is InChI=1S/C32H26N2O3/c1-37-27-7-3-5-21(15-27)14-26-19-34-31-11-9-23(17-29(26)31)22-8-10-30-28(16-22)25(18-33-30)13-20-4-2-6-24(12-20)32(35)36/h2-12,15-19,25-26H,13-14H2,1H3,(H,35,36). The first-order valence-electron chi connectivity index (χ1n) is 12.4. The molecule has 2 heterocycles. The molecule has 0 aromatic heterocycles. The van der Waals surface area contributed by atoms with Crippen molar-refractivity contribution >= 4 is 29.8 Å². The number of carbonyl (C=O) groups is 1. The van der Waals surface area contributed by atoms with Crippen molar-refractivity contribution in [1.82, 2.24) is 0 Å². The predicted octanol–water partition coefficient (Wildman–Crippen LogP) is 7.14. The molecule has 6 rings (SSSR count). The van der Waals surface area contributed by atoms with Crippen LogP contribution in [0.5, 0.6) is 5.75 Å². The van der Waals surface area contributed by atoms with E-state index in [0.29, 0.717) is 12.0 Å². The van der Waals surface area contributed by atoms with Gasteiger partial charge in [0.2, 0.25) is 0 Å². The molecule has 5 heteroatoms. The van der Waals surface area contributed by atoms with E-state index in [2.05, 4.69) is 58.5 Å². The van der Waals surface area contributed by atoms with Gasteiger partial charge in [0, 0.05) is 24.3 Å². The molecule has 0 spiro atoms. The quantitative estimate of drug-likeness (QED) is 0.302. The van der Waals surface area contributed by atoms with E-state index in [4.69, 9.17) is 4.74 Å². The van der Waals surface area contributed by atoms with Gasteiger partial charge in [0.25, 0.3) is 0 Å². The molecule has 2 atom stereocenters. The minimum atomic E-state index is -0.907. The maximum atomic E-state index is 11.4. The minimum Gasteiger partial charge on any atom is -0.497 e. The molecule has 4 aromatic carbocycles. The molecule has 0 saturated carbocycles. The Kier molecular flexibility index (Phi) is 5.89. The zero-order valence-corrected chi connectivity index (χ0v) is 20.5. The maximum Gasteiger partial charge on any atom is 0.335 e. The molecule has 0 fully saturated rings. The third kappa shape index (κ3) is 4.56. The van der Waals surface area contributed by atoms with Crippen LogP contribution in [0.2, 0.25) is 0 Å². The summed E-state index contributed by atoms with van der Waals surface area (Å²) in [4.78, 5) is 20.7. The van der Waals surface area contributed by atoms with Crippen molar-refractivity contribution in [1.29, 1.82) is 0 Å². The van der Waals surface area contributed by atoms with Gasteiger partial charge in [-0.15, -0.1) is 0 Å². The number of carboxylic acid groups (broad SMARTS) is 1. The van der Waals surface area contributed by atoms with Crippen molar-refractivity contribution in [3.8, 4) is 16.9 Å². The van der Waals surface area contributed by atoms with Crippen LogP contribution in [-0.2, 0) is 12.8 Å². The average molecular weight is 487 g/mol. The van der Waals surface area contributed by atoms with Crippen molar-refractivity contribution < 1.29 is 14.6 Å². The summed E-state index contributed by atoms with van der Waals surface area (Å²) in [7, 11) is 1.69. The van der Waals surface area contributed by atoms with E-state index in [1.165, 1.54) is 16.7 Å². The van der Waals surface area contributed by atoms with Crippen LogP contribution in [0, 0.1) is 0 Å². The molecular weight excluding hydrogens is 460 g/mol. The van der Waals surface area contributed by atoms with Crippen LogP contribution in [0.3, 0.4) is 0 Å². The van der Waals surface area contributed by atoms with Crippen LogP contribution in [0.4, 0.5) is 11.4 Å². The molecule has 1 N–H and O–H groups in total. The van der Waals surface area contributed by atoms with Gasteiger partial charge in [-0.05, 0) is 94.8 Å². The van der Waals surface area contributed by atoms with E-state index >= 15 is 0 Å². The molecule has 0 amide bonds. The topological polar surface area (TPSA) is 71.2 Å². The second kappa shape index (κ2) is 9.51. The number of aromatic carboxylic acids is 1. The highest BCUT2D eigenvalue weighted by atomic mass is 16.5. The Hall–Kier alpha value is -4.51. The normalized spacial score (nSPS) is 17.0. The van der Waals surface area contributed by atoms with Crippen LogP contribution < -0.4 is 4.74 Å². The van der Waals surface area contributed by atoms with Gasteiger partial charge in [0.1, 0.15) is 5.75 Å². The van der Waals surface area contributed by atoms with Crippen molar-refractivity contribution in [2.75, 3.05) is 7.11 Å². The number of nitrogens with zero attached hydrogens (tertiary/aromatic N) is 2. The predicted molar refractivity (Wildman–Crippen MR) is 147 cm³/mol. The summed E-state index contributed by atoms with van der Waals surface area (Å²) in [6.07, 6.45) is 5.60. The lowest BCUT2D eigenvalue weighted by molar-refractivity contribution is 0.0696. The highest BCUT2D eigenvalue weighted by Crippen LogP contribution is 2.40. The number of aliphatic imine (C=N–C) groups is 2. The first-order valence-corrected chi connectivity index (χ1v) is 12.4. The van der Waals surface area contributed by atoms with Gasteiger partial charge in [-0.2, -0.15) is 0 Å². The number of hydrogen-bond acceptors (Lipinski definition) is 4. The zero-order valence-electron chi connectivity index (χ0n) is 20.5. The second-order valence-electron chi connectivity index (χ2n) is 9.58. The third-order valence-electron chi connectivity index (χ3n) is 7.19. The smallest absolute Gasteiger partial charge is 0.335 e. The minimum absolute atomic E-state index is 0.109. The van der Waals surface area contributed by atoms with E-state index in [-0.39, 0.29) is 11.8 Å². The molecule has 2 unspecified atom stereocenters. The Morgan fingerprint density at radius 3 is 1.89 bits per heavy atom. The molecule has 4 aromatic rings. The van der Waals surface area contributed by atoms with Crippen LogP contribution in [0.15, 0.2) is 94.9 Å². The fourth-order valence-electron chi connectivity index (χ4n) is 5.26. The van der Waals surface area contributed by atoms with E-state index in [1.807, 2.05) is 30.6 Å². The Morgan fingerprint density at radius 2 is 1.32 bits per heavy atom.